The Kier molecular flexibility index (Phi) is 6.30. The molecule has 0 saturated carbocycles. The number of carbonyl (C=O) groups excluding carboxylic acids is 1. The molecule has 0 heterocycles. The van der Waals surface area contributed by atoms with Crippen LogP contribution in [0.25, 0.3) is 0 Å². The molecule has 20 heavy (non-hydrogen) atoms. The highest BCUT2D eigenvalue weighted by atomic mass is 35.5. The second-order valence-corrected chi connectivity index (χ2v) is 5.22. The maximum absolute atomic E-state index is 12.1. The summed E-state index contributed by atoms with van der Waals surface area (Å²) in [6.07, 6.45) is -0.552. The highest BCUT2D eigenvalue weighted by Crippen LogP contribution is 2.28. The largest absolute Gasteiger partial charge is 0.389 e. The lowest BCUT2D eigenvalue weighted by Gasteiger charge is -2.25. The number of carbonyl (C=O) groups is 1. The molecule has 0 aliphatic carbocycles. The van der Waals surface area contributed by atoms with Gasteiger partial charge in [-0.1, -0.05) is 17.7 Å². The summed E-state index contributed by atoms with van der Waals surface area (Å²) in [4.78, 5) is 15.7. The van der Waals surface area contributed by atoms with E-state index in [0.717, 1.165) is 11.3 Å². The number of hydrogen-bond donors (Lipinski definition) is 1. The summed E-state index contributed by atoms with van der Waals surface area (Å²) >= 11 is 6.22. The van der Waals surface area contributed by atoms with Gasteiger partial charge in [0.05, 0.1) is 23.4 Å². The molecule has 1 rings (SSSR count). The van der Waals surface area contributed by atoms with Crippen molar-refractivity contribution in [1.82, 2.24) is 4.90 Å². The van der Waals surface area contributed by atoms with E-state index in [4.69, 9.17) is 11.6 Å². The monoisotopic (exact) mass is 298 g/mol. The van der Waals surface area contributed by atoms with E-state index in [-0.39, 0.29) is 12.5 Å². The Bertz CT molecular complexity index is 459. The Morgan fingerprint density at radius 1 is 1.35 bits per heavy atom. The number of anilines is 1. The summed E-state index contributed by atoms with van der Waals surface area (Å²) in [5, 5.41) is 10.1. The third kappa shape index (κ3) is 4.12. The smallest absolute Gasteiger partial charge is 0.242 e. The molecule has 0 bridgehead atoms. The summed E-state index contributed by atoms with van der Waals surface area (Å²) < 4.78 is 0. The second-order valence-electron chi connectivity index (χ2n) is 4.81. The van der Waals surface area contributed by atoms with Crippen LogP contribution in [0.5, 0.6) is 0 Å². The molecule has 5 heteroatoms. The van der Waals surface area contributed by atoms with Gasteiger partial charge in [-0.2, -0.15) is 0 Å². The fourth-order valence-corrected chi connectivity index (χ4v) is 2.39. The topological polar surface area (TPSA) is 43.8 Å². The average molecular weight is 299 g/mol. The summed E-state index contributed by atoms with van der Waals surface area (Å²) in [5.41, 5.74) is 1.55. The Labute approximate surface area is 125 Å². The lowest BCUT2D eigenvalue weighted by atomic mass is 10.1. The molecular weight excluding hydrogens is 276 g/mol. The van der Waals surface area contributed by atoms with Gasteiger partial charge in [0.2, 0.25) is 5.91 Å². The highest BCUT2D eigenvalue weighted by molar-refractivity contribution is 6.33. The molecule has 0 radical (unpaired) electrons. The maximum atomic E-state index is 12.1. The standard InChI is InChI=1S/C15H23ClN2O2/c1-5-18(6-2)15(20)10-17(4)14-8-7-12(11(3)19)9-13(14)16/h7-9,11,19H,5-6,10H2,1-4H3/t11-/m0/s1. The lowest BCUT2D eigenvalue weighted by Crippen LogP contribution is -2.38. The van der Waals surface area contributed by atoms with E-state index in [2.05, 4.69) is 0 Å². The van der Waals surface area contributed by atoms with E-state index in [9.17, 15) is 9.90 Å². The van der Waals surface area contributed by atoms with Crippen molar-refractivity contribution in [2.45, 2.75) is 26.9 Å². The fourth-order valence-electron chi connectivity index (χ4n) is 2.06. The molecule has 0 saturated heterocycles. The number of nitrogens with zero attached hydrogens (tertiary/aromatic N) is 2. The first-order valence-electron chi connectivity index (χ1n) is 6.87. The number of aliphatic hydroxyl groups excluding tert-OH is 1. The van der Waals surface area contributed by atoms with Crippen LogP contribution in [0.2, 0.25) is 5.02 Å². The number of hydrogen-bond acceptors (Lipinski definition) is 3. The van der Waals surface area contributed by atoms with Crippen LogP contribution in [-0.4, -0.2) is 42.6 Å². The highest BCUT2D eigenvalue weighted by Gasteiger charge is 2.15. The zero-order chi connectivity index (χ0) is 15.3. The van der Waals surface area contributed by atoms with Crippen molar-refractivity contribution in [3.05, 3.63) is 28.8 Å². The molecule has 0 spiro atoms. The van der Waals surface area contributed by atoms with E-state index in [1.54, 1.807) is 17.9 Å². The molecule has 1 aromatic rings. The molecule has 112 valence electrons. The van der Waals surface area contributed by atoms with Gasteiger partial charge in [0, 0.05) is 20.1 Å². The predicted molar refractivity (Wildman–Crippen MR) is 83.3 cm³/mol. The first kappa shape index (κ1) is 16.8. The first-order valence-corrected chi connectivity index (χ1v) is 7.24. The molecule has 1 N–H and O–H groups in total. The number of likely N-dealkylation sites (N-methyl/N-ethyl adjacent to an activating group) is 2. The van der Waals surface area contributed by atoms with Crippen LogP contribution in [0.15, 0.2) is 18.2 Å². The lowest BCUT2D eigenvalue weighted by molar-refractivity contribution is -0.129. The summed E-state index contributed by atoms with van der Waals surface area (Å²) in [6.45, 7) is 7.32. The van der Waals surface area contributed by atoms with Crippen LogP contribution in [0.1, 0.15) is 32.4 Å². The van der Waals surface area contributed by atoms with Gasteiger partial charge in [-0.3, -0.25) is 4.79 Å². The summed E-state index contributed by atoms with van der Waals surface area (Å²) in [5.74, 6) is 0.0770. The van der Waals surface area contributed by atoms with Gasteiger partial charge in [-0.15, -0.1) is 0 Å². The van der Waals surface area contributed by atoms with Gasteiger partial charge in [-0.25, -0.2) is 0 Å². The van der Waals surface area contributed by atoms with E-state index in [1.807, 2.05) is 37.9 Å². The zero-order valence-electron chi connectivity index (χ0n) is 12.6. The maximum Gasteiger partial charge on any atom is 0.242 e. The number of benzene rings is 1. The van der Waals surface area contributed by atoms with Crippen LogP contribution in [0, 0.1) is 0 Å². The van der Waals surface area contributed by atoms with Gasteiger partial charge in [0.15, 0.2) is 0 Å². The quantitative estimate of drug-likeness (QED) is 0.878. The van der Waals surface area contributed by atoms with Crippen molar-refractivity contribution in [2.75, 3.05) is 31.6 Å². The molecule has 4 nitrogen and oxygen atoms in total. The molecule has 0 unspecified atom stereocenters. The average Bonchev–Trinajstić information content (AvgIpc) is 2.39. The normalized spacial score (nSPS) is 12.1. The zero-order valence-corrected chi connectivity index (χ0v) is 13.3. The van der Waals surface area contributed by atoms with Crippen LogP contribution in [0.3, 0.4) is 0 Å². The van der Waals surface area contributed by atoms with E-state index < -0.39 is 6.10 Å². The molecule has 0 fully saturated rings. The Hall–Kier alpha value is -1.26. The third-order valence-corrected chi connectivity index (χ3v) is 3.66. The Morgan fingerprint density at radius 2 is 1.95 bits per heavy atom. The Morgan fingerprint density at radius 3 is 2.40 bits per heavy atom. The molecule has 1 atom stereocenters. The minimum Gasteiger partial charge on any atom is -0.389 e. The molecular formula is C15H23ClN2O2. The van der Waals surface area contributed by atoms with Crippen molar-refractivity contribution in [2.24, 2.45) is 0 Å². The third-order valence-electron chi connectivity index (χ3n) is 3.35. The molecule has 1 aromatic carbocycles. The second kappa shape index (κ2) is 7.50. The van der Waals surface area contributed by atoms with Crippen LogP contribution in [-0.2, 0) is 4.79 Å². The number of rotatable bonds is 6. The van der Waals surface area contributed by atoms with Crippen molar-refractivity contribution < 1.29 is 9.90 Å². The minimum absolute atomic E-state index is 0.0770. The summed E-state index contributed by atoms with van der Waals surface area (Å²) in [6, 6.07) is 5.39. The van der Waals surface area contributed by atoms with Crippen LogP contribution >= 0.6 is 11.6 Å². The Balaban J connectivity index is 2.82. The van der Waals surface area contributed by atoms with Crippen LogP contribution < -0.4 is 4.90 Å². The summed E-state index contributed by atoms with van der Waals surface area (Å²) in [7, 11) is 1.84. The van der Waals surface area contributed by atoms with Gasteiger partial charge < -0.3 is 14.9 Å². The predicted octanol–water partition coefficient (Wildman–Crippen LogP) is 2.70. The molecule has 0 aliphatic heterocycles. The van der Waals surface area contributed by atoms with Crippen molar-refractivity contribution in [3.63, 3.8) is 0 Å². The fraction of sp³-hybridized carbons (Fsp3) is 0.533. The van der Waals surface area contributed by atoms with Crippen molar-refractivity contribution in [1.29, 1.82) is 0 Å². The van der Waals surface area contributed by atoms with Crippen LogP contribution in [0.4, 0.5) is 5.69 Å². The first-order chi connectivity index (χ1) is 9.40. The van der Waals surface area contributed by atoms with E-state index >= 15 is 0 Å². The molecule has 0 aliphatic rings. The minimum atomic E-state index is -0.552. The van der Waals surface area contributed by atoms with Gasteiger partial charge >= 0.3 is 0 Å². The van der Waals surface area contributed by atoms with E-state index in [0.29, 0.717) is 18.1 Å². The van der Waals surface area contributed by atoms with Crippen molar-refractivity contribution >= 4 is 23.2 Å². The molecule has 1 amide bonds. The molecule has 0 aromatic heterocycles. The van der Waals surface area contributed by atoms with E-state index in [1.165, 1.54) is 0 Å². The number of aliphatic hydroxyl groups is 1. The SMILES string of the molecule is CCN(CC)C(=O)CN(C)c1ccc([C@H](C)O)cc1Cl. The number of halogens is 1. The number of amides is 1. The van der Waals surface area contributed by atoms with Gasteiger partial charge in [0.25, 0.3) is 0 Å². The van der Waals surface area contributed by atoms with Crippen molar-refractivity contribution in [3.8, 4) is 0 Å². The van der Waals surface area contributed by atoms with Gasteiger partial charge in [0.1, 0.15) is 0 Å². The van der Waals surface area contributed by atoms with Gasteiger partial charge in [-0.05, 0) is 38.5 Å².